The van der Waals surface area contributed by atoms with Crippen molar-refractivity contribution in [2.24, 2.45) is 5.73 Å². The molecule has 1 aromatic rings. The number of aliphatic hydroxyl groups is 1. The second kappa shape index (κ2) is 6.13. The highest BCUT2D eigenvalue weighted by molar-refractivity contribution is 5.48. The molecule has 100 valence electrons. The summed E-state index contributed by atoms with van der Waals surface area (Å²) in [5.41, 5.74) is 6.91. The lowest BCUT2D eigenvalue weighted by Gasteiger charge is -2.35. The first-order valence-corrected chi connectivity index (χ1v) is 6.31. The highest BCUT2D eigenvalue weighted by atomic mass is 19.1. The first-order valence-electron chi connectivity index (χ1n) is 6.31. The van der Waals surface area contributed by atoms with Crippen molar-refractivity contribution in [1.82, 2.24) is 4.90 Å². The van der Waals surface area contributed by atoms with Crippen molar-refractivity contribution in [2.45, 2.75) is 6.54 Å². The molecule has 18 heavy (non-hydrogen) atoms. The zero-order chi connectivity index (χ0) is 13.0. The van der Waals surface area contributed by atoms with E-state index in [9.17, 15) is 4.39 Å². The topological polar surface area (TPSA) is 52.7 Å². The molecule has 1 aliphatic rings. The molecule has 1 saturated heterocycles. The van der Waals surface area contributed by atoms with Crippen LogP contribution in [-0.2, 0) is 6.54 Å². The fourth-order valence-electron chi connectivity index (χ4n) is 2.27. The number of hydrogen-bond acceptors (Lipinski definition) is 4. The number of benzene rings is 1. The molecule has 5 heteroatoms. The summed E-state index contributed by atoms with van der Waals surface area (Å²) in [5.74, 6) is -0.229. The second-order valence-corrected chi connectivity index (χ2v) is 4.53. The molecule has 0 aromatic heterocycles. The maximum atomic E-state index is 13.7. The van der Waals surface area contributed by atoms with E-state index in [1.54, 1.807) is 12.1 Å². The second-order valence-electron chi connectivity index (χ2n) is 4.53. The van der Waals surface area contributed by atoms with Crippen LogP contribution in [0.3, 0.4) is 0 Å². The van der Waals surface area contributed by atoms with Crippen molar-refractivity contribution in [1.29, 1.82) is 0 Å². The van der Waals surface area contributed by atoms with E-state index >= 15 is 0 Å². The van der Waals surface area contributed by atoms with Crippen molar-refractivity contribution >= 4 is 5.69 Å². The number of β-amino-alcohol motifs (C(OH)–C–C–N with tert-alkyl or cyclic N) is 1. The Morgan fingerprint density at radius 1 is 1.22 bits per heavy atom. The first kappa shape index (κ1) is 13.3. The molecule has 0 amide bonds. The number of nitrogens with two attached hydrogens (primary N) is 1. The Morgan fingerprint density at radius 3 is 2.50 bits per heavy atom. The van der Waals surface area contributed by atoms with Crippen molar-refractivity contribution in [2.75, 3.05) is 44.2 Å². The Balaban J connectivity index is 1.99. The summed E-state index contributed by atoms with van der Waals surface area (Å²) in [7, 11) is 0. The standard InChI is InChI=1S/C13H20FN3O/c14-13-9-12(2-1-11(13)10-15)17-5-3-16(4-6-17)7-8-18/h1-2,9,18H,3-8,10,15H2. The number of hydrogen-bond donors (Lipinski definition) is 2. The van der Waals surface area contributed by atoms with Crippen LogP contribution in [0.15, 0.2) is 18.2 Å². The predicted octanol–water partition coefficient (Wildman–Crippen LogP) is 0.399. The summed E-state index contributed by atoms with van der Waals surface area (Å²) in [6, 6.07) is 5.24. The highest BCUT2D eigenvalue weighted by Gasteiger charge is 2.17. The summed E-state index contributed by atoms with van der Waals surface area (Å²) < 4.78 is 13.7. The third kappa shape index (κ3) is 2.98. The number of rotatable bonds is 4. The zero-order valence-electron chi connectivity index (χ0n) is 10.5. The number of halogens is 1. The summed E-state index contributed by atoms with van der Waals surface area (Å²) in [5, 5.41) is 8.88. The van der Waals surface area contributed by atoms with Gasteiger partial charge >= 0.3 is 0 Å². The number of anilines is 1. The fourth-order valence-corrected chi connectivity index (χ4v) is 2.27. The molecular formula is C13H20FN3O. The molecular weight excluding hydrogens is 233 g/mol. The van der Waals surface area contributed by atoms with Crippen LogP contribution in [0.2, 0.25) is 0 Å². The smallest absolute Gasteiger partial charge is 0.129 e. The van der Waals surface area contributed by atoms with Gasteiger partial charge in [0, 0.05) is 50.5 Å². The lowest BCUT2D eigenvalue weighted by molar-refractivity contribution is 0.189. The number of aliphatic hydroxyl groups excluding tert-OH is 1. The van der Waals surface area contributed by atoms with Crippen LogP contribution in [0, 0.1) is 5.82 Å². The quantitative estimate of drug-likeness (QED) is 0.815. The van der Waals surface area contributed by atoms with Crippen LogP contribution in [-0.4, -0.2) is 49.3 Å². The van der Waals surface area contributed by atoms with Gasteiger partial charge in [-0.1, -0.05) is 6.07 Å². The Kier molecular flexibility index (Phi) is 4.52. The monoisotopic (exact) mass is 253 g/mol. The van der Waals surface area contributed by atoms with Gasteiger partial charge in [-0.3, -0.25) is 4.90 Å². The third-order valence-electron chi connectivity index (χ3n) is 3.41. The average Bonchev–Trinajstić information content (AvgIpc) is 2.40. The van der Waals surface area contributed by atoms with E-state index in [4.69, 9.17) is 10.8 Å². The van der Waals surface area contributed by atoms with E-state index in [1.165, 1.54) is 0 Å². The first-order chi connectivity index (χ1) is 8.74. The van der Waals surface area contributed by atoms with Gasteiger partial charge in [0.15, 0.2) is 0 Å². The Bertz CT molecular complexity index is 392. The highest BCUT2D eigenvalue weighted by Crippen LogP contribution is 2.20. The minimum absolute atomic E-state index is 0.194. The number of piperazine rings is 1. The molecule has 0 unspecified atom stereocenters. The van der Waals surface area contributed by atoms with E-state index in [2.05, 4.69) is 9.80 Å². The fraction of sp³-hybridized carbons (Fsp3) is 0.538. The molecule has 0 aliphatic carbocycles. The van der Waals surface area contributed by atoms with Gasteiger partial charge in [-0.2, -0.15) is 0 Å². The van der Waals surface area contributed by atoms with Gasteiger partial charge in [0.2, 0.25) is 0 Å². The maximum absolute atomic E-state index is 13.7. The molecule has 0 bridgehead atoms. The van der Waals surface area contributed by atoms with Crippen LogP contribution < -0.4 is 10.6 Å². The maximum Gasteiger partial charge on any atom is 0.129 e. The SMILES string of the molecule is NCc1ccc(N2CCN(CCO)CC2)cc1F. The van der Waals surface area contributed by atoms with Crippen molar-refractivity contribution in [3.05, 3.63) is 29.6 Å². The molecule has 1 aliphatic heterocycles. The molecule has 0 saturated carbocycles. The van der Waals surface area contributed by atoms with Crippen molar-refractivity contribution in [3.63, 3.8) is 0 Å². The van der Waals surface area contributed by atoms with Crippen LogP contribution in [0.5, 0.6) is 0 Å². The van der Waals surface area contributed by atoms with Gasteiger partial charge in [0.05, 0.1) is 6.61 Å². The molecule has 2 rings (SSSR count). The Hall–Kier alpha value is -1.17. The minimum atomic E-state index is -0.229. The predicted molar refractivity (Wildman–Crippen MR) is 70.0 cm³/mol. The van der Waals surface area contributed by atoms with Crippen LogP contribution in [0.25, 0.3) is 0 Å². The Morgan fingerprint density at radius 2 is 1.94 bits per heavy atom. The molecule has 0 spiro atoms. The third-order valence-corrected chi connectivity index (χ3v) is 3.41. The van der Waals surface area contributed by atoms with Gasteiger partial charge in [-0.05, 0) is 12.1 Å². The zero-order valence-corrected chi connectivity index (χ0v) is 10.5. The van der Waals surface area contributed by atoms with E-state index in [-0.39, 0.29) is 19.0 Å². The summed E-state index contributed by atoms with van der Waals surface area (Å²) in [6.45, 7) is 4.68. The van der Waals surface area contributed by atoms with Crippen molar-refractivity contribution in [3.8, 4) is 0 Å². The molecule has 3 N–H and O–H groups in total. The van der Waals surface area contributed by atoms with Crippen molar-refractivity contribution < 1.29 is 9.50 Å². The average molecular weight is 253 g/mol. The normalized spacial score (nSPS) is 17.2. The van der Waals surface area contributed by atoms with Gasteiger partial charge in [0.1, 0.15) is 5.82 Å². The van der Waals surface area contributed by atoms with Gasteiger partial charge in [-0.15, -0.1) is 0 Å². The summed E-state index contributed by atoms with van der Waals surface area (Å²) in [4.78, 5) is 4.37. The van der Waals surface area contributed by atoms with E-state index in [1.807, 2.05) is 6.07 Å². The van der Waals surface area contributed by atoms with Crippen LogP contribution >= 0.6 is 0 Å². The lowest BCUT2D eigenvalue weighted by Crippen LogP contribution is -2.47. The van der Waals surface area contributed by atoms with Crippen LogP contribution in [0.1, 0.15) is 5.56 Å². The largest absolute Gasteiger partial charge is 0.395 e. The lowest BCUT2D eigenvalue weighted by atomic mass is 10.1. The molecule has 1 aromatic carbocycles. The molecule has 0 atom stereocenters. The van der Waals surface area contributed by atoms with E-state index < -0.39 is 0 Å². The van der Waals surface area contributed by atoms with Gasteiger partial charge in [0.25, 0.3) is 0 Å². The molecule has 1 fully saturated rings. The van der Waals surface area contributed by atoms with Gasteiger partial charge < -0.3 is 15.7 Å². The van der Waals surface area contributed by atoms with Gasteiger partial charge in [-0.25, -0.2) is 4.39 Å². The molecule has 1 heterocycles. The summed E-state index contributed by atoms with van der Waals surface area (Å²) >= 11 is 0. The summed E-state index contributed by atoms with van der Waals surface area (Å²) in [6.07, 6.45) is 0. The van der Waals surface area contributed by atoms with E-state index in [0.29, 0.717) is 12.1 Å². The molecule has 0 radical (unpaired) electrons. The Labute approximate surface area is 107 Å². The number of nitrogens with zero attached hydrogens (tertiary/aromatic N) is 2. The van der Waals surface area contributed by atoms with Crippen LogP contribution in [0.4, 0.5) is 10.1 Å². The van der Waals surface area contributed by atoms with E-state index in [0.717, 1.165) is 31.9 Å². The molecule has 4 nitrogen and oxygen atoms in total. The minimum Gasteiger partial charge on any atom is -0.395 e.